The van der Waals surface area contributed by atoms with Gasteiger partial charge in [-0.25, -0.2) is 0 Å². The molecule has 2 aliphatic carbocycles. The molecule has 0 bridgehead atoms. The van der Waals surface area contributed by atoms with Crippen LogP contribution >= 0.6 is 0 Å². The van der Waals surface area contributed by atoms with Gasteiger partial charge in [-0.05, 0) is 71.0 Å². The van der Waals surface area contributed by atoms with E-state index in [0.29, 0.717) is 0 Å². The van der Waals surface area contributed by atoms with Crippen molar-refractivity contribution in [2.24, 2.45) is 4.99 Å². The Labute approximate surface area is 182 Å². The SMILES string of the molecule is C#CC=N/C=C1/C=Cc2ncccc2CC1.C1=Cc2ncccc2Cc2cnccc21. The maximum atomic E-state index is 5.09. The topological polar surface area (TPSA) is 51.0 Å². The number of rotatable bonds is 1. The molecule has 0 atom stereocenters. The molecule has 0 saturated heterocycles. The zero-order chi connectivity index (χ0) is 21.3. The molecule has 2 aliphatic rings. The minimum absolute atomic E-state index is 0.916. The van der Waals surface area contributed by atoms with Crippen molar-refractivity contribution in [2.75, 3.05) is 0 Å². The standard InChI is InChI=1S/C14H12N2.C13H10N2/c1-2-9-15-11-12-5-7-13-4-3-10-16-14(13)8-6-12;1-2-11-8-12-9-14-7-5-10(12)3-4-13(11)15-6-1/h1,3-4,6,8-11H,5,7H2;1-7,9H,8H2/b12-11+,15-9?;. The van der Waals surface area contributed by atoms with Crippen molar-refractivity contribution < 1.29 is 0 Å². The lowest BCUT2D eigenvalue weighted by molar-refractivity contribution is 0.956. The zero-order valence-electron chi connectivity index (χ0n) is 17.1. The van der Waals surface area contributed by atoms with E-state index in [4.69, 9.17) is 6.42 Å². The highest BCUT2D eigenvalue weighted by atomic mass is 14.7. The molecular formula is C27H22N4. The van der Waals surface area contributed by atoms with Crippen molar-refractivity contribution >= 4 is 24.4 Å². The van der Waals surface area contributed by atoms with Crippen molar-refractivity contribution in [3.05, 3.63) is 107 Å². The number of hydrogen-bond acceptors (Lipinski definition) is 4. The highest BCUT2D eigenvalue weighted by Crippen LogP contribution is 2.22. The summed E-state index contributed by atoms with van der Waals surface area (Å²) in [5, 5.41) is 0. The van der Waals surface area contributed by atoms with Gasteiger partial charge in [-0.1, -0.05) is 30.2 Å². The molecule has 150 valence electrons. The number of aryl methyl sites for hydroxylation is 1. The van der Waals surface area contributed by atoms with Crippen LogP contribution in [0, 0.1) is 12.3 Å². The Morgan fingerprint density at radius 2 is 1.61 bits per heavy atom. The van der Waals surface area contributed by atoms with Crippen molar-refractivity contribution in [1.29, 1.82) is 0 Å². The number of hydrogen-bond donors (Lipinski definition) is 0. The quantitative estimate of drug-likeness (QED) is 0.326. The predicted octanol–water partition coefficient (Wildman–Crippen LogP) is 5.18. The van der Waals surface area contributed by atoms with Crippen LogP contribution in [-0.4, -0.2) is 21.2 Å². The van der Waals surface area contributed by atoms with Gasteiger partial charge in [0.2, 0.25) is 0 Å². The highest BCUT2D eigenvalue weighted by molar-refractivity contribution is 5.77. The van der Waals surface area contributed by atoms with E-state index in [2.05, 4.69) is 50.1 Å². The van der Waals surface area contributed by atoms with Crippen LogP contribution in [0.5, 0.6) is 0 Å². The molecule has 31 heavy (non-hydrogen) atoms. The van der Waals surface area contributed by atoms with Gasteiger partial charge < -0.3 is 0 Å². The molecule has 4 heteroatoms. The Morgan fingerprint density at radius 1 is 0.839 bits per heavy atom. The monoisotopic (exact) mass is 402 g/mol. The second-order valence-electron chi connectivity index (χ2n) is 7.16. The lowest BCUT2D eigenvalue weighted by Crippen LogP contribution is -1.93. The predicted molar refractivity (Wildman–Crippen MR) is 127 cm³/mol. The first kappa shape index (κ1) is 20.2. The number of allylic oxidation sites excluding steroid dienone is 2. The molecule has 0 spiro atoms. The van der Waals surface area contributed by atoms with E-state index < -0.39 is 0 Å². The lowest BCUT2D eigenvalue weighted by atomic mass is 10.0. The molecule has 0 unspecified atom stereocenters. The van der Waals surface area contributed by atoms with Crippen molar-refractivity contribution in [3.8, 4) is 12.3 Å². The van der Waals surface area contributed by atoms with Gasteiger partial charge in [0.25, 0.3) is 0 Å². The van der Waals surface area contributed by atoms with E-state index in [9.17, 15) is 0 Å². The second-order valence-corrected chi connectivity index (χ2v) is 7.16. The number of aromatic nitrogens is 3. The Morgan fingerprint density at radius 3 is 2.45 bits per heavy atom. The summed E-state index contributed by atoms with van der Waals surface area (Å²) in [6.07, 6.45) is 26.9. The third-order valence-electron chi connectivity index (χ3n) is 5.12. The van der Waals surface area contributed by atoms with Gasteiger partial charge in [0.15, 0.2) is 0 Å². The van der Waals surface area contributed by atoms with E-state index in [1.54, 1.807) is 0 Å². The molecular weight excluding hydrogens is 380 g/mol. The van der Waals surface area contributed by atoms with Crippen LogP contribution in [0.25, 0.3) is 18.2 Å². The third kappa shape index (κ3) is 5.29. The second kappa shape index (κ2) is 10.1. The summed E-state index contributed by atoms with van der Waals surface area (Å²) in [6, 6.07) is 10.2. The van der Waals surface area contributed by atoms with Gasteiger partial charge >= 0.3 is 0 Å². The molecule has 3 heterocycles. The van der Waals surface area contributed by atoms with Crippen LogP contribution in [0.15, 0.2) is 78.0 Å². The fourth-order valence-electron chi connectivity index (χ4n) is 3.52. The van der Waals surface area contributed by atoms with Crippen LogP contribution in [0.4, 0.5) is 0 Å². The van der Waals surface area contributed by atoms with Gasteiger partial charge in [-0.3, -0.25) is 19.9 Å². The number of nitrogens with zero attached hydrogens (tertiary/aromatic N) is 4. The fraction of sp³-hybridized carbons (Fsp3) is 0.111. The van der Waals surface area contributed by atoms with E-state index in [-0.39, 0.29) is 0 Å². The molecule has 3 aromatic rings. The van der Waals surface area contributed by atoms with Gasteiger partial charge in [-0.15, -0.1) is 6.42 Å². The summed E-state index contributed by atoms with van der Waals surface area (Å²) in [4.78, 5) is 16.9. The van der Waals surface area contributed by atoms with E-state index in [1.807, 2.05) is 61.3 Å². The highest BCUT2D eigenvalue weighted by Gasteiger charge is 2.09. The molecule has 3 aromatic heterocycles. The minimum atomic E-state index is 0.916. The Hall–Kier alpha value is -4.10. The normalized spacial score (nSPS) is 15.0. The molecule has 0 N–H and O–H groups in total. The largest absolute Gasteiger partial charge is 0.264 e. The summed E-state index contributed by atoms with van der Waals surface area (Å²) in [5.41, 5.74) is 8.33. The first-order chi connectivity index (χ1) is 15.3. The molecule has 0 radical (unpaired) electrons. The summed E-state index contributed by atoms with van der Waals surface area (Å²) < 4.78 is 0. The van der Waals surface area contributed by atoms with Gasteiger partial charge in [0.05, 0.1) is 17.6 Å². The van der Waals surface area contributed by atoms with Crippen molar-refractivity contribution in [1.82, 2.24) is 15.0 Å². The van der Waals surface area contributed by atoms with Gasteiger partial charge in [0.1, 0.15) is 0 Å². The van der Waals surface area contributed by atoms with Crippen LogP contribution in [0.2, 0.25) is 0 Å². The Kier molecular flexibility index (Phi) is 6.57. The van der Waals surface area contributed by atoms with Crippen LogP contribution in [0.1, 0.15) is 40.1 Å². The molecule has 0 amide bonds. The Bertz CT molecular complexity index is 1180. The minimum Gasteiger partial charge on any atom is -0.264 e. The molecule has 0 saturated carbocycles. The average Bonchev–Trinajstić information content (AvgIpc) is 3.14. The number of pyridine rings is 3. The van der Waals surface area contributed by atoms with Crippen LogP contribution in [-0.2, 0) is 12.8 Å². The van der Waals surface area contributed by atoms with Gasteiger partial charge in [0, 0.05) is 37.4 Å². The first-order valence-corrected chi connectivity index (χ1v) is 10.2. The summed E-state index contributed by atoms with van der Waals surface area (Å²) in [7, 11) is 0. The van der Waals surface area contributed by atoms with Crippen LogP contribution < -0.4 is 0 Å². The molecule has 0 fully saturated rings. The first-order valence-electron chi connectivity index (χ1n) is 10.2. The maximum absolute atomic E-state index is 5.09. The lowest BCUT2D eigenvalue weighted by Gasteiger charge is -2.03. The summed E-state index contributed by atoms with van der Waals surface area (Å²) >= 11 is 0. The van der Waals surface area contributed by atoms with E-state index >= 15 is 0 Å². The van der Waals surface area contributed by atoms with E-state index in [1.165, 1.54) is 34.0 Å². The third-order valence-corrected chi connectivity index (χ3v) is 5.12. The number of fused-ring (bicyclic) bond motifs is 3. The maximum Gasteiger partial charge on any atom is 0.0763 e. The van der Waals surface area contributed by atoms with Crippen molar-refractivity contribution in [2.45, 2.75) is 19.3 Å². The smallest absolute Gasteiger partial charge is 0.0763 e. The number of aliphatic imine (C=N–C) groups is 1. The molecule has 4 nitrogen and oxygen atoms in total. The van der Waals surface area contributed by atoms with Gasteiger partial charge in [-0.2, -0.15) is 0 Å². The van der Waals surface area contributed by atoms with Crippen LogP contribution in [0.3, 0.4) is 0 Å². The summed E-state index contributed by atoms with van der Waals surface area (Å²) in [5.74, 6) is 2.37. The van der Waals surface area contributed by atoms with E-state index in [0.717, 1.165) is 30.7 Å². The molecule has 5 rings (SSSR count). The average molecular weight is 403 g/mol. The fourth-order valence-corrected chi connectivity index (χ4v) is 3.52. The molecule has 0 aliphatic heterocycles. The Balaban J connectivity index is 0.000000149. The summed E-state index contributed by atoms with van der Waals surface area (Å²) in [6.45, 7) is 0. The zero-order valence-corrected chi connectivity index (χ0v) is 17.1. The number of terminal acetylenes is 1. The van der Waals surface area contributed by atoms with Crippen molar-refractivity contribution in [3.63, 3.8) is 0 Å². The molecule has 0 aromatic carbocycles.